The van der Waals surface area contributed by atoms with Gasteiger partial charge in [-0.25, -0.2) is 0 Å². The van der Waals surface area contributed by atoms with Crippen LogP contribution in [-0.4, -0.2) is 19.3 Å². The molecule has 1 saturated heterocycles. The Morgan fingerprint density at radius 3 is 2.44 bits per heavy atom. The smallest absolute Gasteiger partial charge is 0.0485 e. The van der Waals surface area contributed by atoms with Gasteiger partial charge >= 0.3 is 0 Å². The Morgan fingerprint density at radius 2 is 1.89 bits per heavy atom. The molecule has 0 radical (unpaired) electrons. The molecule has 1 N–H and O–H groups in total. The molecule has 1 aromatic rings. The highest BCUT2D eigenvalue weighted by atomic mass is 35.5. The van der Waals surface area contributed by atoms with Crippen molar-refractivity contribution >= 4 is 17.3 Å². The van der Waals surface area contributed by atoms with Crippen molar-refractivity contribution in [1.82, 2.24) is 0 Å². The Hall–Kier alpha value is -0.730. The van der Waals surface area contributed by atoms with E-state index in [0.717, 1.165) is 36.8 Å². The number of halogens is 1. The maximum absolute atomic E-state index is 6.37. The molecule has 2 rings (SSSR count). The number of rotatable bonds is 2. The first-order chi connectivity index (χ1) is 8.47. The zero-order valence-corrected chi connectivity index (χ0v) is 12.2. The Labute approximate surface area is 115 Å². The fraction of sp³-hybridized carbons (Fsp3) is 0.600. The Morgan fingerprint density at radius 1 is 1.22 bits per heavy atom. The minimum absolute atomic E-state index is 0.0916. The van der Waals surface area contributed by atoms with Gasteiger partial charge in [-0.1, -0.05) is 38.4 Å². The molecule has 1 heterocycles. The highest BCUT2D eigenvalue weighted by Crippen LogP contribution is 2.31. The molecule has 100 valence electrons. The van der Waals surface area contributed by atoms with Crippen molar-refractivity contribution in [3.05, 3.63) is 28.8 Å². The van der Waals surface area contributed by atoms with Gasteiger partial charge < -0.3 is 10.1 Å². The van der Waals surface area contributed by atoms with Crippen molar-refractivity contribution in [3.8, 4) is 0 Å². The molecule has 0 unspecified atom stereocenters. The third-order valence-electron chi connectivity index (χ3n) is 3.37. The van der Waals surface area contributed by atoms with E-state index in [2.05, 4.69) is 38.2 Å². The summed E-state index contributed by atoms with van der Waals surface area (Å²) in [7, 11) is 0. The lowest BCUT2D eigenvalue weighted by Crippen LogP contribution is -2.27. The summed E-state index contributed by atoms with van der Waals surface area (Å²) in [6.45, 7) is 8.25. The maximum atomic E-state index is 6.37. The van der Waals surface area contributed by atoms with Crippen LogP contribution < -0.4 is 5.32 Å². The number of benzene rings is 1. The van der Waals surface area contributed by atoms with Crippen LogP contribution in [0.5, 0.6) is 0 Å². The lowest BCUT2D eigenvalue weighted by atomic mass is 9.87. The summed E-state index contributed by atoms with van der Waals surface area (Å²) in [5.74, 6) is 0. The van der Waals surface area contributed by atoms with Gasteiger partial charge in [0.2, 0.25) is 0 Å². The summed E-state index contributed by atoms with van der Waals surface area (Å²) in [6, 6.07) is 6.80. The van der Waals surface area contributed by atoms with Crippen molar-refractivity contribution in [3.63, 3.8) is 0 Å². The van der Waals surface area contributed by atoms with E-state index in [0.29, 0.717) is 6.04 Å². The summed E-state index contributed by atoms with van der Waals surface area (Å²) in [6.07, 6.45) is 2.14. The molecule has 0 atom stereocenters. The lowest BCUT2D eigenvalue weighted by molar-refractivity contribution is 0.0904. The third-order valence-corrected chi connectivity index (χ3v) is 3.68. The molecule has 18 heavy (non-hydrogen) atoms. The van der Waals surface area contributed by atoms with E-state index >= 15 is 0 Å². The fourth-order valence-corrected chi connectivity index (χ4v) is 2.75. The average molecular weight is 268 g/mol. The quantitative estimate of drug-likeness (QED) is 0.866. The largest absolute Gasteiger partial charge is 0.382 e. The molecule has 1 aliphatic heterocycles. The highest BCUT2D eigenvalue weighted by Gasteiger charge is 2.18. The molecule has 0 spiro atoms. The lowest BCUT2D eigenvalue weighted by Gasteiger charge is -2.25. The second-order valence-corrected chi connectivity index (χ2v) is 6.38. The average Bonchev–Trinajstić information content (AvgIpc) is 2.28. The number of hydrogen-bond acceptors (Lipinski definition) is 2. The first-order valence-electron chi connectivity index (χ1n) is 6.61. The second kappa shape index (κ2) is 5.50. The van der Waals surface area contributed by atoms with Crippen LogP contribution in [0.3, 0.4) is 0 Å². The van der Waals surface area contributed by atoms with Gasteiger partial charge in [0.25, 0.3) is 0 Å². The van der Waals surface area contributed by atoms with Gasteiger partial charge in [-0.05, 0) is 36.0 Å². The van der Waals surface area contributed by atoms with E-state index in [4.69, 9.17) is 16.3 Å². The summed E-state index contributed by atoms with van der Waals surface area (Å²) >= 11 is 6.37. The van der Waals surface area contributed by atoms with Gasteiger partial charge in [-0.15, -0.1) is 0 Å². The third kappa shape index (κ3) is 3.39. The van der Waals surface area contributed by atoms with E-state index in [1.165, 1.54) is 5.56 Å². The van der Waals surface area contributed by atoms with Gasteiger partial charge in [0, 0.05) is 30.0 Å². The Kier molecular flexibility index (Phi) is 4.18. The molecule has 1 fully saturated rings. The van der Waals surface area contributed by atoms with Crippen LogP contribution in [-0.2, 0) is 10.2 Å². The van der Waals surface area contributed by atoms with E-state index in [1.807, 2.05) is 6.07 Å². The minimum atomic E-state index is 0.0916. The zero-order valence-electron chi connectivity index (χ0n) is 11.4. The van der Waals surface area contributed by atoms with Crippen LogP contribution in [0.2, 0.25) is 5.02 Å². The van der Waals surface area contributed by atoms with Gasteiger partial charge in [0.1, 0.15) is 0 Å². The van der Waals surface area contributed by atoms with Crippen molar-refractivity contribution in [1.29, 1.82) is 0 Å². The topological polar surface area (TPSA) is 21.3 Å². The Balaban J connectivity index is 2.08. The highest BCUT2D eigenvalue weighted by molar-refractivity contribution is 6.31. The van der Waals surface area contributed by atoms with Crippen LogP contribution in [0.25, 0.3) is 0 Å². The molecule has 0 amide bonds. The molecule has 3 heteroatoms. The molecule has 0 aromatic heterocycles. The first-order valence-corrected chi connectivity index (χ1v) is 6.99. The van der Waals surface area contributed by atoms with Crippen LogP contribution >= 0.6 is 11.6 Å². The van der Waals surface area contributed by atoms with Crippen molar-refractivity contribution in [2.75, 3.05) is 18.5 Å². The molecule has 1 aliphatic rings. The van der Waals surface area contributed by atoms with Crippen LogP contribution in [0.4, 0.5) is 5.69 Å². The number of hydrogen-bond donors (Lipinski definition) is 1. The predicted molar refractivity (Wildman–Crippen MR) is 77.6 cm³/mol. The van der Waals surface area contributed by atoms with Crippen molar-refractivity contribution in [2.45, 2.75) is 45.1 Å². The van der Waals surface area contributed by atoms with Crippen LogP contribution in [0, 0.1) is 0 Å². The van der Waals surface area contributed by atoms with Gasteiger partial charge in [0.15, 0.2) is 0 Å². The number of ether oxygens (including phenoxy) is 1. The number of anilines is 1. The van der Waals surface area contributed by atoms with E-state index in [-0.39, 0.29) is 5.41 Å². The summed E-state index contributed by atoms with van der Waals surface area (Å²) < 4.78 is 5.36. The van der Waals surface area contributed by atoms with Crippen LogP contribution in [0.1, 0.15) is 39.2 Å². The monoisotopic (exact) mass is 267 g/mol. The molecule has 1 aromatic carbocycles. The van der Waals surface area contributed by atoms with Crippen molar-refractivity contribution in [2.24, 2.45) is 0 Å². The van der Waals surface area contributed by atoms with E-state index in [1.54, 1.807) is 0 Å². The summed E-state index contributed by atoms with van der Waals surface area (Å²) in [5.41, 5.74) is 2.40. The molecular weight excluding hydrogens is 246 g/mol. The number of nitrogens with one attached hydrogen (secondary N) is 1. The van der Waals surface area contributed by atoms with Gasteiger partial charge in [-0.3, -0.25) is 0 Å². The minimum Gasteiger partial charge on any atom is -0.382 e. The molecule has 0 saturated carbocycles. The molecule has 2 nitrogen and oxygen atoms in total. The molecule has 0 bridgehead atoms. The first kappa shape index (κ1) is 13.7. The van der Waals surface area contributed by atoms with Gasteiger partial charge in [0.05, 0.1) is 0 Å². The van der Waals surface area contributed by atoms with E-state index < -0.39 is 0 Å². The normalized spacial score (nSPS) is 17.8. The SMILES string of the molecule is CC(C)(C)c1ccc(NC2CCOCC2)cc1Cl. The maximum Gasteiger partial charge on any atom is 0.0485 e. The fourth-order valence-electron chi connectivity index (χ4n) is 2.29. The zero-order chi connectivity index (χ0) is 13.2. The summed E-state index contributed by atoms with van der Waals surface area (Å²) in [5, 5.41) is 4.38. The molecular formula is C15H22ClNO. The standard InChI is InChI=1S/C15H22ClNO/c1-15(2,3)13-5-4-12(10-14(13)16)17-11-6-8-18-9-7-11/h4-5,10-11,17H,6-9H2,1-3H3. The van der Waals surface area contributed by atoms with Crippen molar-refractivity contribution < 1.29 is 4.74 Å². The Bertz CT molecular complexity index is 405. The van der Waals surface area contributed by atoms with Gasteiger partial charge in [-0.2, -0.15) is 0 Å². The summed E-state index contributed by atoms with van der Waals surface area (Å²) in [4.78, 5) is 0. The van der Waals surface area contributed by atoms with Crippen LogP contribution in [0.15, 0.2) is 18.2 Å². The predicted octanol–water partition coefficient (Wildman–Crippen LogP) is 4.23. The second-order valence-electron chi connectivity index (χ2n) is 5.98. The molecule has 0 aliphatic carbocycles. The van der Waals surface area contributed by atoms with E-state index in [9.17, 15) is 0 Å².